The lowest BCUT2D eigenvalue weighted by molar-refractivity contribution is 0.472. The SMILES string of the molecule is Cc1nc(N2CCCC2Cn2nc3c(cc2=O)CCCC3)c2ccncc2n1. The van der Waals surface area contributed by atoms with Crippen LogP contribution in [0.2, 0.25) is 0 Å². The zero-order chi connectivity index (χ0) is 19.1. The number of nitrogens with zero attached hydrogens (tertiary/aromatic N) is 6. The first-order chi connectivity index (χ1) is 13.7. The van der Waals surface area contributed by atoms with Crippen LogP contribution < -0.4 is 10.5 Å². The van der Waals surface area contributed by atoms with Gasteiger partial charge in [0.2, 0.25) is 0 Å². The molecule has 2 aliphatic rings. The van der Waals surface area contributed by atoms with E-state index in [4.69, 9.17) is 10.1 Å². The van der Waals surface area contributed by atoms with Gasteiger partial charge in [0.15, 0.2) is 0 Å². The van der Waals surface area contributed by atoms with Gasteiger partial charge in [0.1, 0.15) is 11.6 Å². The van der Waals surface area contributed by atoms with Crippen LogP contribution in [0.3, 0.4) is 0 Å². The Kier molecular flexibility index (Phi) is 4.30. The molecule has 5 rings (SSSR count). The second-order valence-electron chi connectivity index (χ2n) is 7.82. The van der Waals surface area contributed by atoms with Crippen molar-refractivity contribution < 1.29 is 0 Å². The Hall–Kier alpha value is -2.83. The maximum Gasteiger partial charge on any atom is 0.267 e. The van der Waals surface area contributed by atoms with Crippen molar-refractivity contribution in [1.29, 1.82) is 0 Å². The van der Waals surface area contributed by atoms with E-state index in [1.807, 2.05) is 13.0 Å². The van der Waals surface area contributed by atoms with Gasteiger partial charge in [-0.15, -0.1) is 0 Å². The zero-order valence-corrected chi connectivity index (χ0v) is 16.1. The second-order valence-corrected chi connectivity index (χ2v) is 7.82. The summed E-state index contributed by atoms with van der Waals surface area (Å²) in [4.78, 5) is 28.4. The van der Waals surface area contributed by atoms with Crippen molar-refractivity contribution in [3.8, 4) is 0 Å². The molecule has 144 valence electrons. The smallest absolute Gasteiger partial charge is 0.267 e. The largest absolute Gasteiger partial charge is 0.351 e. The highest BCUT2D eigenvalue weighted by atomic mass is 16.1. The van der Waals surface area contributed by atoms with E-state index in [0.29, 0.717) is 6.54 Å². The molecule has 0 spiro atoms. The Morgan fingerprint density at radius 3 is 3.00 bits per heavy atom. The monoisotopic (exact) mass is 376 g/mol. The summed E-state index contributed by atoms with van der Waals surface area (Å²) in [6, 6.07) is 3.98. The van der Waals surface area contributed by atoms with Crippen LogP contribution in [0.25, 0.3) is 10.9 Å². The van der Waals surface area contributed by atoms with Gasteiger partial charge < -0.3 is 4.90 Å². The molecule has 1 unspecified atom stereocenters. The number of aryl methyl sites for hydroxylation is 3. The highest BCUT2D eigenvalue weighted by molar-refractivity contribution is 5.89. The summed E-state index contributed by atoms with van der Waals surface area (Å²) in [5, 5.41) is 5.73. The van der Waals surface area contributed by atoms with Gasteiger partial charge in [-0.3, -0.25) is 9.78 Å². The normalized spacial score (nSPS) is 19.2. The number of hydrogen-bond acceptors (Lipinski definition) is 6. The summed E-state index contributed by atoms with van der Waals surface area (Å²) in [5.74, 6) is 1.68. The summed E-state index contributed by atoms with van der Waals surface area (Å²) in [5.41, 5.74) is 3.12. The molecule has 0 N–H and O–H groups in total. The molecule has 1 saturated heterocycles. The van der Waals surface area contributed by atoms with E-state index >= 15 is 0 Å². The first-order valence-corrected chi connectivity index (χ1v) is 10.1. The fraction of sp³-hybridized carbons (Fsp3) is 0.476. The standard InChI is InChI=1S/C21H24N6O/c1-14-23-19-12-22-9-8-17(19)21(24-14)26-10-4-6-16(26)13-27-20(28)11-15-5-2-3-7-18(15)25-27/h8-9,11-12,16H,2-7,10,13H2,1H3. The van der Waals surface area contributed by atoms with Crippen molar-refractivity contribution >= 4 is 16.7 Å². The third-order valence-corrected chi connectivity index (χ3v) is 5.90. The third-order valence-electron chi connectivity index (χ3n) is 5.90. The second kappa shape index (κ2) is 6.96. The minimum atomic E-state index is 0.0143. The van der Waals surface area contributed by atoms with Gasteiger partial charge in [-0.05, 0) is 57.1 Å². The minimum absolute atomic E-state index is 0.0143. The van der Waals surface area contributed by atoms with E-state index in [9.17, 15) is 4.79 Å². The first kappa shape index (κ1) is 17.3. The Balaban J connectivity index is 1.50. The average molecular weight is 376 g/mol. The van der Waals surface area contributed by atoms with Crippen LogP contribution in [0.5, 0.6) is 0 Å². The molecule has 1 fully saturated rings. The van der Waals surface area contributed by atoms with E-state index in [1.165, 1.54) is 0 Å². The molecule has 7 heteroatoms. The summed E-state index contributed by atoms with van der Waals surface area (Å²) < 4.78 is 1.67. The topological polar surface area (TPSA) is 76.8 Å². The predicted octanol–water partition coefficient (Wildman–Crippen LogP) is 2.44. The first-order valence-electron chi connectivity index (χ1n) is 10.1. The number of pyridine rings is 1. The van der Waals surface area contributed by atoms with Gasteiger partial charge in [0.05, 0.1) is 30.0 Å². The molecule has 3 aromatic heterocycles. The van der Waals surface area contributed by atoms with Crippen LogP contribution >= 0.6 is 0 Å². The van der Waals surface area contributed by atoms with E-state index in [2.05, 4.69) is 14.9 Å². The molecule has 0 bridgehead atoms. The molecule has 1 aliphatic carbocycles. The Labute approximate surface area is 163 Å². The van der Waals surface area contributed by atoms with Gasteiger partial charge in [-0.2, -0.15) is 5.10 Å². The van der Waals surface area contributed by atoms with Gasteiger partial charge in [-0.25, -0.2) is 14.6 Å². The Morgan fingerprint density at radius 1 is 1.18 bits per heavy atom. The van der Waals surface area contributed by atoms with Gasteiger partial charge in [0, 0.05) is 24.2 Å². The minimum Gasteiger partial charge on any atom is -0.351 e. The summed E-state index contributed by atoms with van der Waals surface area (Å²) in [6.07, 6.45) is 9.96. The molecule has 0 radical (unpaired) electrons. The van der Waals surface area contributed by atoms with Crippen molar-refractivity contribution in [3.05, 3.63) is 52.0 Å². The van der Waals surface area contributed by atoms with Crippen molar-refractivity contribution in [2.45, 2.75) is 58.0 Å². The number of hydrogen-bond donors (Lipinski definition) is 0. The molecule has 0 saturated carbocycles. The van der Waals surface area contributed by atoms with Crippen molar-refractivity contribution in [1.82, 2.24) is 24.7 Å². The van der Waals surface area contributed by atoms with Crippen LogP contribution in [0.4, 0.5) is 5.82 Å². The van der Waals surface area contributed by atoms with E-state index in [-0.39, 0.29) is 11.6 Å². The number of aromatic nitrogens is 5. The molecule has 3 aromatic rings. The molecule has 0 aromatic carbocycles. The average Bonchev–Trinajstić information content (AvgIpc) is 3.16. The lowest BCUT2D eigenvalue weighted by Gasteiger charge is -2.27. The highest BCUT2D eigenvalue weighted by Gasteiger charge is 2.29. The van der Waals surface area contributed by atoms with Crippen LogP contribution in [-0.2, 0) is 19.4 Å². The number of rotatable bonds is 3. The Bertz CT molecular complexity index is 1090. The van der Waals surface area contributed by atoms with Crippen molar-refractivity contribution in [2.75, 3.05) is 11.4 Å². The quantitative estimate of drug-likeness (QED) is 0.699. The molecular formula is C21H24N6O. The fourth-order valence-electron chi connectivity index (χ4n) is 4.53. The molecule has 28 heavy (non-hydrogen) atoms. The lowest BCUT2D eigenvalue weighted by Crippen LogP contribution is -2.38. The van der Waals surface area contributed by atoms with Crippen LogP contribution in [0, 0.1) is 6.92 Å². The summed E-state index contributed by atoms with van der Waals surface area (Å²) >= 11 is 0. The molecule has 0 amide bonds. The highest BCUT2D eigenvalue weighted by Crippen LogP contribution is 2.30. The lowest BCUT2D eigenvalue weighted by atomic mass is 9.97. The van der Waals surface area contributed by atoms with Crippen molar-refractivity contribution in [3.63, 3.8) is 0 Å². The fourth-order valence-corrected chi connectivity index (χ4v) is 4.53. The molecule has 1 aliphatic heterocycles. The molecule has 7 nitrogen and oxygen atoms in total. The van der Waals surface area contributed by atoms with E-state index in [0.717, 1.165) is 78.9 Å². The van der Waals surface area contributed by atoms with Gasteiger partial charge in [-0.1, -0.05) is 0 Å². The third kappa shape index (κ3) is 3.04. The zero-order valence-electron chi connectivity index (χ0n) is 16.1. The van der Waals surface area contributed by atoms with Crippen LogP contribution in [0.1, 0.15) is 42.8 Å². The van der Waals surface area contributed by atoms with Gasteiger partial charge >= 0.3 is 0 Å². The van der Waals surface area contributed by atoms with Crippen molar-refractivity contribution in [2.24, 2.45) is 0 Å². The predicted molar refractivity (Wildman–Crippen MR) is 108 cm³/mol. The summed E-state index contributed by atoms with van der Waals surface area (Å²) in [6.45, 7) is 3.44. The van der Waals surface area contributed by atoms with Crippen LogP contribution in [0.15, 0.2) is 29.3 Å². The summed E-state index contributed by atoms with van der Waals surface area (Å²) in [7, 11) is 0. The number of fused-ring (bicyclic) bond motifs is 2. The maximum atomic E-state index is 12.6. The van der Waals surface area contributed by atoms with Gasteiger partial charge in [0.25, 0.3) is 5.56 Å². The van der Waals surface area contributed by atoms with Crippen LogP contribution in [-0.4, -0.2) is 37.3 Å². The van der Waals surface area contributed by atoms with E-state index in [1.54, 1.807) is 23.1 Å². The molecule has 4 heterocycles. The Morgan fingerprint density at radius 2 is 2.07 bits per heavy atom. The number of anilines is 1. The molecular weight excluding hydrogens is 352 g/mol. The van der Waals surface area contributed by atoms with E-state index < -0.39 is 0 Å². The maximum absolute atomic E-state index is 12.6. The molecule has 1 atom stereocenters.